The summed E-state index contributed by atoms with van der Waals surface area (Å²) in [7, 11) is 0. The molecule has 0 bridgehead atoms. The smallest absolute Gasteiger partial charge is 0.0541 e. The van der Waals surface area contributed by atoms with Gasteiger partial charge >= 0.3 is 0 Å². The molecule has 0 atom stereocenters. The van der Waals surface area contributed by atoms with E-state index in [0.29, 0.717) is 0 Å². The van der Waals surface area contributed by atoms with Gasteiger partial charge in [-0.05, 0) is 129 Å². The standard InChI is InChI=1S/C60H55N3/c1-58(2,3)40-25-28-55-49(34-40)46-19-10-13-22-52(46)61(55)43-18-16-17-38(31-43)39-32-44(62-53-23-14-11-20-47(53)50-35-41(59(4,5)6)26-29-56(50)62)37-45(33-39)63-54-24-15-12-21-48(54)51-36-42(60(7,8)9)27-30-57(51)63/h10-37H,1-9H3. The molecule has 0 N–H and O–H groups in total. The zero-order valence-corrected chi connectivity index (χ0v) is 38.0. The van der Waals surface area contributed by atoms with Crippen molar-refractivity contribution in [3.63, 3.8) is 0 Å². The molecule has 0 saturated heterocycles. The molecular formula is C60H55N3. The van der Waals surface area contributed by atoms with Crippen LogP contribution in [0.2, 0.25) is 0 Å². The first kappa shape index (κ1) is 39.0. The van der Waals surface area contributed by atoms with Crippen molar-refractivity contribution < 1.29 is 0 Å². The van der Waals surface area contributed by atoms with Crippen LogP contribution in [0.15, 0.2) is 170 Å². The highest BCUT2D eigenvalue weighted by Gasteiger charge is 2.23. The lowest BCUT2D eigenvalue weighted by atomic mass is 9.86. The van der Waals surface area contributed by atoms with Crippen LogP contribution in [0.5, 0.6) is 0 Å². The van der Waals surface area contributed by atoms with Gasteiger partial charge in [-0.15, -0.1) is 0 Å². The third-order valence-electron chi connectivity index (χ3n) is 13.5. The maximum Gasteiger partial charge on any atom is 0.0541 e. The molecule has 0 aliphatic heterocycles. The summed E-state index contributed by atoms with van der Waals surface area (Å²) in [4.78, 5) is 0. The monoisotopic (exact) mass is 817 g/mol. The normalized spacial score (nSPS) is 12.8. The van der Waals surface area contributed by atoms with Gasteiger partial charge in [-0.25, -0.2) is 0 Å². The quantitative estimate of drug-likeness (QED) is 0.168. The van der Waals surface area contributed by atoms with Crippen molar-refractivity contribution in [2.24, 2.45) is 0 Å². The van der Waals surface area contributed by atoms with Gasteiger partial charge in [-0.2, -0.15) is 0 Å². The minimum Gasteiger partial charge on any atom is -0.309 e. The lowest BCUT2D eigenvalue weighted by Gasteiger charge is -2.20. The van der Waals surface area contributed by atoms with Crippen LogP contribution < -0.4 is 0 Å². The van der Waals surface area contributed by atoms with Gasteiger partial charge in [-0.3, -0.25) is 0 Å². The number of rotatable bonds is 4. The predicted molar refractivity (Wildman–Crippen MR) is 271 cm³/mol. The number of para-hydroxylation sites is 3. The van der Waals surface area contributed by atoms with Crippen molar-refractivity contribution in [1.29, 1.82) is 0 Å². The number of hydrogen-bond acceptors (Lipinski definition) is 0. The van der Waals surface area contributed by atoms with Gasteiger partial charge in [0.2, 0.25) is 0 Å². The Hall–Kier alpha value is -6.84. The van der Waals surface area contributed by atoms with Gasteiger partial charge < -0.3 is 13.7 Å². The summed E-state index contributed by atoms with van der Waals surface area (Å²) in [6, 6.07) is 64.2. The van der Waals surface area contributed by atoms with Crippen molar-refractivity contribution in [2.75, 3.05) is 0 Å². The molecular weight excluding hydrogens is 763 g/mol. The summed E-state index contributed by atoms with van der Waals surface area (Å²) < 4.78 is 7.42. The van der Waals surface area contributed by atoms with Crippen molar-refractivity contribution in [3.8, 4) is 28.2 Å². The van der Waals surface area contributed by atoms with E-state index in [0.717, 1.165) is 22.6 Å². The van der Waals surface area contributed by atoms with Gasteiger partial charge in [0.05, 0.1) is 33.1 Å². The molecule has 0 fully saturated rings. The maximum atomic E-state index is 2.49. The average molecular weight is 818 g/mol. The molecule has 0 radical (unpaired) electrons. The molecule has 11 rings (SSSR count). The first-order chi connectivity index (χ1) is 30.1. The van der Waals surface area contributed by atoms with Crippen molar-refractivity contribution >= 4 is 65.4 Å². The van der Waals surface area contributed by atoms with Gasteiger partial charge in [0.1, 0.15) is 0 Å². The first-order valence-electron chi connectivity index (χ1n) is 22.5. The molecule has 3 aromatic heterocycles. The van der Waals surface area contributed by atoms with Crippen LogP contribution in [0.4, 0.5) is 0 Å². The fourth-order valence-electron chi connectivity index (χ4n) is 10.00. The Balaban J connectivity index is 1.19. The average Bonchev–Trinajstić information content (AvgIpc) is 3.90. The van der Waals surface area contributed by atoms with E-state index >= 15 is 0 Å². The van der Waals surface area contributed by atoms with E-state index in [2.05, 4.69) is 246 Å². The third kappa shape index (κ3) is 6.31. The Kier molecular flexibility index (Phi) is 8.57. The van der Waals surface area contributed by atoms with E-state index in [9.17, 15) is 0 Å². The summed E-state index contributed by atoms with van der Waals surface area (Å²) >= 11 is 0. The van der Waals surface area contributed by atoms with Crippen molar-refractivity contribution in [3.05, 3.63) is 187 Å². The molecule has 3 nitrogen and oxygen atoms in total. The molecule has 3 heteroatoms. The summed E-state index contributed by atoms with van der Waals surface area (Å²) in [5, 5.41) is 7.64. The van der Waals surface area contributed by atoms with Crippen LogP contribution in [0, 0.1) is 0 Å². The van der Waals surface area contributed by atoms with Gasteiger partial charge in [0.25, 0.3) is 0 Å². The predicted octanol–water partition coefficient (Wildman–Crippen LogP) is 16.5. The van der Waals surface area contributed by atoms with E-state index in [-0.39, 0.29) is 16.2 Å². The van der Waals surface area contributed by atoms with Crippen LogP contribution in [-0.4, -0.2) is 13.7 Å². The Morgan fingerprint density at radius 2 is 0.587 bits per heavy atom. The van der Waals surface area contributed by atoms with Crippen LogP contribution >= 0.6 is 0 Å². The second-order valence-corrected chi connectivity index (χ2v) is 20.8. The molecule has 0 aliphatic carbocycles. The zero-order valence-electron chi connectivity index (χ0n) is 38.0. The summed E-state index contributed by atoms with van der Waals surface area (Å²) in [6.45, 7) is 20.7. The van der Waals surface area contributed by atoms with Crippen molar-refractivity contribution in [1.82, 2.24) is 13.7 Å². The molecule has 0 saturated carbocycles. The van der Waals surface area contributed by atoms with E-state index in [1.807, 2.05) is 0 Å². The Labute approximate surface area is 370 Å². The Bertz CT molecular complexity index is 3470. The molecule has 0 amide bonds. The van der Waals surface area contributed by atoms with Crippen LogP contribution in [0.1, 0.15) is 79.0 Å². The SMILES string of the molecule is CC(C)(C)c1ccc2c(c1)c1ccccc1n2-c1cccc(-c2cc(-n3c4ccccc4c4cc(C(C)(C)C)ccc43)cc(-n3c4ccccc4c4cc(C(C)(C)C)ccc43)c2)c1. The number of fused-ring (bicyclic) bond motifs is 9. The molecule has 0 unspecified atom stereocenters. The number of hydrogen-bond donors (Lipinski definition) is 0. The van der Waals surface area contributed by atoms with E-state index in [1.165, 1.54) is 87.7 Å². The van der Waals surface area contributed by atoms with Crippen molar-refractivity contribution in [2.45, 2.75) is 78.6 Å². The van der Waals surface area contributed by atoms with Gasteiger partial charge in [0.15, 0.2) is 0 Å². The summed E-state index contributed by atoms with van der Waals surface area (Å²) in [5.74, 6) is 0. The van der Waals surface area contributed by atoms with Crippen LogP contribution in [0.25, 0.3) is 93.6 Å². The lowest BCUT2D eigenvalue weighted by molar-refractivity contribution is 0.591. The number of nitrogens with zero attached hydrogens (tertiary/aromatic N) is 3. The number of aromatic nitrogens is 3. The highest BCUT2D eigenvalue weighted by atomic mass is 15.0. The summed E-state index contributed by atoms with van der Waals surface area (Å²) in [6.07, 6.45) is 0. The minimum absolute atomic E-state index is 0.0319. The van der Waals surface area contributed by atoms with E-state index in [4.69, 9.17) is 0 Å². The second-order valence-electron chi connectivity index (χ2n) is 20.8. The molecule has 0 spiro atoms. The minimum atomic E-state index is 0.0319. The first-order valence-corrected chi connectivity index (χ1v) is 22.5. The zero-order chi connectivity index (χ0) is 43.6. The topological polar surface area (TPSA) is 14.8 Å². The third-order valence-corrected chi connectivity index (χ3v) is 13.5. The van der Waals surface area contributed by atoms with E-state index in [1.54, 1.807) is 0 Å². The van der Waals surface area contributed by atoms with Crippen LogP contribution in [0.3, 0.4) is 0 Å². The Morgan fingerprint density at radius 3 is 0.968 bits per heavy atom. The Morgan fingerprint density at radius 1 is 0.254 bits per heavy atom. The van der Waals surface area contributed by atoms with Gasteiger partial charge in [0, 0.05) is 49.4 Å². The fourth-order valence-corrected chi connectivity index (χ4v) is 10.00. The highest BCUT2D eigenvalue weighted by Crippen LogP contribution is 2.41. The molecule has 63 heavy (non-hydrogen) atoms. The highest BCUT2D eigenvalue weighted by molar-refractivity contribution is 6.12. The molecule has 8 aromatic carbocycles. The largest absolute Gasteiger partial charge is 0.309 e. The molecule has 3 heterocycles. The van der Waals surface area contributed by atoms with E-state index < -0.39 is 0 Å². The maximum absolute atomic E-state index is 2.49. The molecule has 11 aromatic rings. The molecule has 310 valence electrons. The molecule has 0 aliphatic rings. The van der Waals surface area contributed by atoms with Crippen LogP contribution in [-0.2, 0) is 16.2 Å². The lowest BCUT2D eigenvalue weighted by Crippen LogP contribution is -2.10. The second kappa shape index (κ2) is 13.8. The fraction of sp³-hybridized carbons (Fsp3) is 0.200. The summed E-state index contributed by atoms with van der Waals surface area (Å²) in [5.41, 5.74) is 17.1. The van der Waals surface area contributed by atoms with Gasteiger partial charge in [-0.1, -0.05) is 147 Å². The number of benzene rings is 8.